The Morgan fingerprint density at radius 2 is 1.46 bits per heavy atom. The number of hydrogen-bond acceptors (Lipinski definition) is 3. The summed E-state index contributed by atoms with van der Waals surface area (Å²) < 4.78 is 4.67. The molecule has 0 unspecified atom stereocenters. The molecule has 0 N–H and O–H groups in total. The molecule has 0 atom stereocenters. The number of benzene rings is 4. The fraction of sp³-hybridized carbons (Fsp3) is 0.0303. The first-order valence-electron chi connectivity index (χ1n) is 13.2. The van der Waals surface area contributed by atoms with Crippen LogP contribution >= 0.6 is 11.3 Å². The Bertz CT molecular complexity index is 2150. The van der Waals surface area contributed by atoms with Gasteiger partial charge in [-0.2, -0.15) is 0 Å². The van der Waals surface area contributed by atoms with Gasteiger partial charge >= 0.3 is 0 Å². The summed E-state index contributed by atoms with van der Waals surface area (Å²) in [6.07, 6.45) is 2.18. The summed E-state index contributed by atoms with van der Waals surface area (Å²) in [5, 5.41) is 8.35. The van der Waals surface area contributed by atoms with Crippen molar-refractivity contribution in [3.05, 3.63) is 115 Å². The molecule has 186 valence electrons. The second-order valence-electron chi connectivity index (χ2n) is 9.80. The van der Waals surface area contributed by atoms with Crippen molar-refractivity contribution in [3.8, 4) is 22.8 Å². The SMILES string of the molecule is C[SiH2]c1nc(-c2ccc(-n3c4ccccc4c4ccc5c(ccn5-c5ccccc5)c43)cc2)nc2sccc12. The van der Waals surface area contributed by atoms with Crippen LogP contribution in [0.4, 0.5) is 0 Å². The molecule has 0 fully saturated rings. The zero-order chi connectivity index (χ0) is 25.9. The summed E-state index contributed by atoms with van der Waals surface area (Å²) in [4.78, 5) is 11.0. The fourth-order valence-corrected chi connectivity index (χ4v) is 7.72. The predicted molar refractivity (Wildman–Crippen MR) is 168 cm³/mol. The molecule has 8 rings (SSSR count). The van der Waals surface area contributed by atoms with Crippen LogP contribution in [0.2, 0.25) is 6.55 Å². The second-order valence-corrected chi connectivity index (χ2v) is 12.1. The molecule has 0 aliphatic heterocycles. The van der Waals surface area contributed by atoms with Gasteiger partial charge in [0, 0.05) is 50.0 Å². The van der Waals surface area contributed by atoms with E-state index in [2.05, 4.69) is 130 Å². The molecule has 4 aromatic heterocycles. The Hall–Kier alpha value is -4.52. The first kappa shape index (κ1) is 22.5. The highest BCUT2D eigenvalue weighted by Crippen LogP contribution is 2.37. The van der Waals surface area contributed by atoms with E-state index < -0.39 is 9.52 Å². The van der Waals surface area contributed by atoms with Gasteiger partial charge in [0.15, 0.2) is 5.82 Å². The van der Waals surface area contributed by atoms with Crippen molar-refractivity contribution in [2.45, 2.75) is 6.55 Å². The lowest BCUT2D eigenvalue weighted by Gasteiger charge is -2.11. The van der Waals surface area contributed by atoms with Crippen molar-refractivity contribution in [2.75, 3.05) is 0 Å². The number of fused-ring (bicyclic) bond motifs is 6. The van der Waals surface area contributed by atoms with Gasteiger partial charge < -0.3 is 9.13 Å². The molecule has 0 saturated heterocycles. The number of aromatic nitrogens is 4. The molecule has 0 aliphatic rings. The molecule has 0 radical (unpaired) electrons. The Balaban J connectivity index is 1.34. The minimum atomic E-state index is -0.405. The lowest BCUT2D eigenvalue weighted by molar-refractivity contribution is 1.13. The summed E-state index contributed by atoms with van der Waals surface area (Å²) in [6, 6.07) is 36.9. The summed E-state index contributed by atoms with van der Waals surface area (Å²) in [6.45, 7) is 2.29. The Morgan fingerprint density at radius 3 is 2.31 bits per heavy atom. The number of thiophene rings is 1. The van der Waals surface area contributed by atoms with Gasteiger partial charge in [0.05, 0.1) is 26.1 Å². The van der Waals surface area contributed by atoms with Gasteiger partial charge in [0.2, 0.25) is 0 Å². The highest BCUT2D eigenvalue weighted by atomic mass is 32.1. The Morgan fingerprint density at radius 1 is 0.641 bits per heavy atom. The summed E-state index contributed by atoms with van der Waals surface area (Å²) in [5.74, 6) is 0.824. The highest BCUT2D eigenvalue weighted by Gasteiger charge is 2.17. The third-order valence-corrected chi connectivity index (χ3v) is 9.67. The van der Waals surface area contributed by atoms with Crippen LogP contribution in [0.15, 0.2) is 115 Å². The van der Waals surface area contributed by atoms with E-state index in [9.17, 15) is 0 Å². The number of nitrogens with zero attached hydrogens (tertiary/aromatic N) is 4. The zero-order valence-corrected chi connectivity index (χ0v) is 23.6. The van der Waals surface area contributed by atoms with E-state index in [0.717, 1.165) is 27.6 Å². The first-order valence-corrected chi connectivity index (χ1v) is 16.2. The molecule has 8 aromatic rings. The average Bonchev–Trinajstić information content (AvgIpc) is 3.72. The largest absolute Gasteiger partial charge is 0.316 e. The molecular weight excluding hydrogens is 513 g/mol. The Labute approximate surface area is 231 Å². The van der Waals surface area contributed by atoms with Crippen molar-refractivity contribution in [1.82, 2.24) is 19.1 Å². The van der Waals surface area contributed by atoms with Crippen LogP contribution < -0.4 is 5.32 Å². The van der Waals surface area contributed by atoms with Crippen molar-refractivity contribution in [2.24, 2.45) is 0 Å². The van der Waals surface area contributed by atoms with Gasteiger partial charge in [-0.05, 0) is 66.0 Å². The zero-order valence-electron chi connectivity index (χ0n) is 21.4. The van der Waals surface area contributed by atoms with Gasteiger partial charge in [-0.3, -0.25) is 0 Å². The second kappa shape index (κ2) is 8.76. The van der Waals surface area contributed by atoms with Gasteiger partial charge in [-0.1, -0.05) is 49.0 Å². The van der Waals surface area contributed by atoms with E-state index >= 15 is 0 Å². The normalized spacial score (nSPS) is 12.1. The molecule has 0 spiro atoms. The van der Waals surface area contributed by atoms with Crippen LogP contribution in [0.5, 0.6) is 0 Å². The Kier molecular flexibility index (Phi) is 5.05. The van der Waals surface area contributed by atoms with E-state index in [4.69, 9.17) is 9.97 Å². The quantitative estimate of drug-likeness (QED) is 0.222. The van der Waals surface area contributed by atoms with E-state index in [0.29, 0.717) is 0 Å². The summed E-state index contributed by atoms with van der Waals surface area (Å²) in [7, 11) is -0.405. The number of hydrogen-bond donors (Lipinski definition) is 0. The summed E-state index contributed by atoms with van der Waals surface area (Å²) in [5.41, 5.74) is 6.98. The van der Waals surface area contributed by atoms with Crippen LogP contribution in [0.25, 0.3) is 65.7 Å². The number of para-hydroxylation sites is 2. The van der Waals surface area contributed by atoms with E-state index in [1.807, 2.05) is 0 Å². The molecule has 4 aromatic carbocycles. The maximum Gasteiger partial charge on any atom is 0.160 e. The third kappa shape index (κ3) is 3.42. The van der Waals surface area contributed by atoms with Gasteiger partial charge in [-0.25, -0.2) is 9.97 Å². The minimum absolute atomic E-state index is 0.405. The molecule has 0 aliphatic carbocycles. The van der Waals surface area contributed by atoms with Gasteiger partial charge in [0.25, 0.3) is 0 Å². The van der Waals surface area contributed by atoms with Crippen LogP contribution in [-0.2, 0) is 0 Å². The van der Waals surface area contributed by atoms with Crippen LogP contribution in [0.1, 0.15) is 0 Å². The highest BCUT2D eigenvalue weighted by molar-refractivity contribution is 7.16. The molecule has 4 nitrogen and oxygen atoms in total. The van der Waals surface area contributed by atoms with E-state index in [-0.39, 0.29) is 0 Å². The topological polar surface area (TPSA) is 35.6 Å². The van der Waals surface area contributed by atoms with Crippen molar-refractivity contribution >= 4 is 69.1 Å². The lowest BCUT2D eigenvalue weighted by atomic mass is 10.1. The standard InChI is InChI=1S/C33H24N4SSi/c1-39-33-27-18-20-38-32(27)34-31(35-33)21-11-13-23(14-12-21)37-29-10-6-5-9-24(29)25-15-16-28-26(30(25)37)17-19-36(28)22-7-3-2-4-8-22/h2-20H,39H2,1H3. The van der Waals surface area contributed by atoms with Gasteiger partial charge in [-0.15, -0.1) is 11.3 Å². The van der Waals surface area contributed by atoms with Crippen LogP contribution in [0.3, 0.4) is 0 Å². The molecule has 6 heteroatoms. The molecule has 39 heavy (non-hydrogen) atoms. The fourth-order valence-electron chi connectivity index (χ4n) is 5.83. The first-order chi connectivity index (χ1) is 19.3. The number of rotatable bonds is 4. The summed E-state index contributed by atoms with van der Waals surface area (Å²) >= 11 is 1.70. The maximum atomic E-state index is 4.97. The molecular formula is C33H24N4SSi. The van der Waals surface area contributed by atoms with E-state index in [1.54, 1.807) is 11.3 Å². The lowest BCUT2D eigenvalue weighted by Crippen LogP contribution is -2.17. The predicted octanol–water partition coefficient (Wildman–Crippen LogP) is 7.24. The molecule has 0 amide bonds. The molecule has 4 heterocycles. The average molecular weight is 537 g/mol. The van der Waals surface area contributed by atoms with Crippen molar-refractivity contribution in [1.29, 1.82) is 0 Å². The smallest absolute Gasteiger partial charge is 0.160 e. The monoisotopic (exact) mass is 536 g/mol. The minimum Gasteiger partial charge on any atom is -0.316 e. The maximum absolute atomic E-state index is 4.97. The third-order valence-electron chi connectivity index (χ3n) is 7.66. The van der Waals surface area contributed by atoms with Crippen LogP contribution in [-0.4, -0.2) is 28.6 Å². The van der Waals surface area contributed by atoms with Crippen molar-refractivity contribution < 1.29 is 0 Å². The molecule has 0 bridgehead atoms. The van der Waals surface area contributed by atoms with E-state index in [1.165, 1.54) is 43.4 Å². The van der Waals surface area contributed by atoms with Gasteiger partial charge in [0.1, 0.15) is 4.83 Å². The van der Waals surface area contributed by atoms with Crippen molar-refractivity contribution in [3.63, 3.8) is 0 Å². The van der Waals surface area contributed by atoms with Crippen LogP contribution in [0, 0.1) is 0 Å². The molecule has 0 saturated carbocycles.